The normalized spacial score (nSPS) is 14.1. The first-order chi connectivity index (χ1) is 8.34. The van der Waals surface area contributed by atoms with Crippen LogP contribution in [0.15, 0.2) is 24.4 Å². The number of rotatable bonds is 2. The molecule has 2 nitrogen and oxygen atoms in total. The van der Waals surface area contributed by atoms with E-state index in [1.165, 1.54) is 12.1 Å². The number of aryl methyl sites for hydroxylation is 1. The quantitative estimate of drug-likeness (QED) is 0.870. The lowest BCUT2D eigenvalue weighted by Crippen LogP contribution is -2.12. The van der Waals surface area contributed by atoms with E-state index in [4.69, 9.17) is 0 Å². The van der Waals surface area contributed by atoms with Gasteiger partial charge in [0.25, 0.3) is 0 Å². The molecule has 0 aliphatic rings. The summed E-state index contributed by atoms with van der Waals surface area (Å²) in [5.41, 5.74) is 1.08. The highest BCUT2D eigenvalue weighted by Crippen LogP contribution is 2.34. The molecule has 2 rings (SSSR count). The minimum absolute atomic E-state index is 0.0113. The molecule has 98 valence electrons. The first-order valence-electron chi connectivity index (χ1n) is 5.68. The number of alkyl halides is 3. The zero-order valence-corrected chi connectivity index (χ0v) is 10.5. The largest absolute Gasteiger partial charge is 0.416 e. The molecule has 18 heavy (non-hydrogen) atoms. The molecule has 0 saturated heterocycles. The smallest absolute Gasteiger partial charge is 0.350 e. The fourth-order valence-corrected chi connectivity index (χ4v) is 2.10. The number of halogens is 3. The number of aromatic nitrogens is 1. The summed E-state index contributed by atoms with van der Waals surface area (Å²) in [6.45, 7) is 1.93. The third-order valence-corrected chi connectivity index (χ3v) is 3.25. The predicted octanol–water partition coefficient (Wildman–Crippen LogP) is 3.48. The summed E-state index contributed by atoms with van der Waals surface area (Å²) in [7, 11) is 3.62. The van der Waals surface area contributed by atoms with Gasteiger partial charge in [-0.3, -0.25) is 0 Å². The van der Waals surface area contributed by atoms with E-state index in [0.717, 1.165) is 17.1 Å². The molecule has 0 amide bonds. The molecular formula is C13H15F3N2. The second-order valence-electron chi connectivity index (χ2n) is 4.44. The van der Waals surface area contributed by atoms with Gasteiger partial charge in [0, 0.05) is 30.2 Å². The van der Waals surface area contributed by atoms with Crippen molar-refractivity contribution < 1.29 is 13.2 Å². The van der Waals surface area contributed by atoms with Crippen LogP contribution in [0.3, 0.4) is 0 Å². The minimum Gasteiger partial charge on any atom is -0.350 e. The Morgan fingerprint density at radius 3 is 2.50 bits per heavy atom. The lowest BCUT2D eigenvalue weighted by molar-refractivity contribution is -0.137. The molecule has 1 heterocycles. The van der Waals surface area contributed by atoms with Gasteiger partial charge in [0.05, 0.1) is 5.56 Å². The summed E-state index contributed by atoms with van der Waals surface area (Å²) in [6, 6.07) is 3.87. The van der Waals surface area contributed by atoms with Crippen molar-refractivity contribution in [1.29, 1.82) is 0 Å². The zero-order valence-electron chi connectivity index (χ0n) is 10.5. The summed E-state index contributed by atoms with van der Waals surface area (Å²) in [5, 5.41) is 3.70. The van der Waals surface area contributed by atoms with Gasteiger partial charge in [-0.2, -0.15) is 13.2 Å². The Morgan fingerprint density at radius 2 is 1.94 bits per heavy atom. The lowest BCUT2D eigenvalue weighted by Gasteiger charge is -2.10. The second-order valence-corrected chi connectivity index (χ2v) is 4.44. The zero-order chi connectivity index (χ0) is 13.5. The molecule has 0 fully saturated rings. The monoisotopic (exact) mass is 256 g/mol. The van der Waals surface area contributed by atoms with Gasteiger partial charge in [-0.05, 0) is 37.7 Å². The number of nitrogens with one attached hydrogen (secondary N) is 1. The van der Waals surface area contributed by atoms with Crippen molar-refractivity contribution in [2.75, 3.05) is 7.05 Å². The van der Waals surface area contributed by atoms with Gasteiger partial charge in [0.2, 0.25) is 0 Å². The van der Waals surface area contributed by atoms with Crippen LogP contribution in [0.5, 0.6) is 0 Å². The van der Waals surface area contributed by atoms with Crippen LogP contribution >= 0.6 is 0 Å². The van der Waals surface area contributed by atoms with E-state index < -0.39 is 11.7 Å². The van der Waals surface area contributed by atoms with E-state index in [9.17, 15) is 13.2 Å². The average molecular weight is 256 g/mol. The third-order valence-electron chi connectivity index (χ3n) is 3.25. The summed E-state index contributed by atoms with van der Waals surface area (Å²) >= 11 is 0. The molecule has 0 radical (unpaired) electrons. The van der Waals surface area contributed by atoms with Crippen molar-refractivity contribution >= 4 is 10.9 Å². The third kappa shape index (κ3) is 2.10. The Morgan fingerprint density at radius 1 is 1.28 bits per heavy atom. The Hall–Kier alpha value is -1.49. The molecule has 0 spiro atoms. The van der Waals surface area contributed by atoms with E-state index in [1.54, 1.807) is 7.05 Å². The number of fused-ring (bicyclic) bond motifs is 1. The standard InChI is InChI=1S/C13H15F3N2/c1-8(17-2)11-7-18(3)12-5-4-9(6-10(11)12)13(14,15)16/h4-8,17H,1-3H3. The fourth-order valence-electron chi connectivity index (χ4n) is 2.10. The summed E-state index contributed by atoms with van der Waals surface area (Å²) in [6.07, 6.45) is -2.43. The van der Waals surface area contributed by atoms with Crippen LogP contribution in [0.1, 0.15) is 24.1 Å². The highest BCUT2D eigenvalue weighted by molar-refractivity contribution is 5.85. The maximum Gasteiger partial charge on any atom is 0.416 e. The maximum absolute atomic E-state index is 12.7. The lowest BCUT2D eigenvalue weighted by atomic mass is 10.0. The molecular weight excluding hydrogens is 241 g/mol. The SMILES string of the molecule is CNC(C)c1cn(C)c2ccc(C(F)(F)F)cc12. The molecule has 1 atom stereocenters. The first-order valence-corrected chi connectivity index (χ1v) is 5.68. The summed E-state index contributed by atoms with van der Waals surface area (Å²) < 4.78 is 40.0. The van der Waals surface area contributed by atoms with Crippen molar-refractivity contribution in [3.8, 4) is 0 Å². The van der Waals surface area contributed by atoms with Gasteiger partial charge in [-0.1, -0.05) is 0 Å². The van der Waals surface area contributed by atoms with Crippen molar-refractivity contribution in [2.24, 2.45) is 7.05 Å². The number of nitrogens with zero attached hydrogens (tertiary/aromatic N) is 1. The highest BCUT2D eigenvalue weighted by Gasteiger charge is 2.31. The molecule has 1 aromatic carbocycles. The van der Waals surface area contributed by atoms with Gasteiger partial charge in [-0.25, -0.2) is 0 Å². The Bertz CT molecular complexity index is 569. The van der Waals surface area contributed by atoms with E-state index in [1.807, 2.05) is 24.7 Å². The van der Waals surface area contributed by atoms with Gasteiger partial charge >= 0.3 is 6.18 Å². The molecule has 0 saturated carbocycles. The molecule has 0 bridgehead atoms. The number of benzene rings is 1. The van der Waals surface area contributed by atoms with Crippen LogP contribution in [-0.2, 0) is 13.2 Å². The Kier molecular flexibility index (Phi) is 3.11. The number of hydrogen-bond acceptors (Lipinski definition) is 1. The van der Waals surface area contributed by atoms with E-state index in [-0.39, 0.29) is 6.04 Å². The summed E-state index contributed by atoms with van der Waals surface area (Å²) in [4.78, 5) is 0. The van der Waals surface area contributed by atoms with Gasteiger partial charge < -0.3 is 9.88 Å². The Labute approximate surface area is 103 Å². The van der Waals surface area contributed by atoms with Crippen molar-refractivity contribution in [3.63, 3.8) is 0 Å². The van der Waals surface area contributed by atoms with E-state index >= 15 is 0 Å². The first kappa shape index (κ1) is 13.0. The fraction of sp³-hybridized carbons (Fsp3) is 0.385. The predicted molar refractivity (Wildman–Crippen MR) is 65.4 cm³/mol. The van der Waals surface area contributed by atoms with E-state index in [2.05, 4.69) is 5.32 Å². The van der Waals surface area contributed by atoms with Crippen LogP contribution in [-0.4, -0.2) is 11.6 Å². The van der Waals surface area contributed by atoms with Crippen LogP contribution in [0.2, 0.25) is 0 Å². The van der Waals surface area contributed by atoms with Crippen molar-refractivity contribution in [2.45, 2.75) is 19.1 Å². The maximum atomic E-state index is 12.7. The van der Waals surface area contributed by atoms with Crippen LogP contribution in [0, 0.1) is 0 Å². The molecule has 5 heteroatoms. The summed E-state index contributed by atoms with van der Waals surface area (Å²) in [5.74, 6) is 0. The average Bonchev–Trinajstić information content (AvgIpc) is 2.64. The topological polar surface area (TPSA) is 17.0 Å². The highest BCUT2D eigenvalue weighted by atomic mass is 19.4. The van der Waals surface area contributed by atoms with Gasteiger partial charge in [0.1, 0.15) is 0 Å². The molecule has 2 aromatic rings. The minimum atomic E-state index is -4.30. The van der Waals surface area contributed by atoms with Crippen LogP contribution in [0.4, 0.5) is 13.2 Å². The van der Waals surface area contributed by atoms with Crippen molar-refractivity contribution in [1.82, 2.24) is 9.88 Å². The second kappa shape index (κ2) is 4.31. The van der Waals surface area contributed by atoms with Gasteiger partial charge in [-0.15, -0.1) is 0 Å². The Balaban J connectivity index is 2.67. The molecule has 1 aromatic heterocycles. The molecule has 0 aliphatic heterocycles. The molecule has 1 unspecified atom stereocenters. The van der Waals surface area contributed by atoms with Crippen LogP contribution in [0.25, 0.3) is 10.9 Å². The van der Waals surface area contributed by atoms with Gasteiger partial charge in [0.15, 0.2) is 0 Å². The van der Waals surface area contributed by atoms with Crippen molar-refractivity contribution in [3.05, 3.63) is 35.5 Å². The molecule has 1 N–H and O–H groups in total. The number of hydrogen-bond donors (Lipinski definition) is 1. The molecule has 0 aliphatic carbocycles. The van der Waals surface area contributed by atoms with E-state index in [0.29, 0.717) is 5.39 Å². The van der Waals surface area contributed by atoms with Crippen LogP contribution < -0.4 is 5.32 Å².